The molecule has 0 unspecified atom stereocenters. The lowest BCUT2D eigenvalue weighted by atomic mass is 10.2. The molecule has 0 spiro atoms. The Morgan fingerprint density at radius 3 is 2.78 bits per heavy atom. The summed E-state index contributed by atoms with van der Waals surface area (Å²) in [7, 11) is 0. The maximum Gasteiger partial charge on any atom is 0.290 e. The SMILES string of the molecule is Cc1nc2ccc(Cl)cn2c1C(=O)N/N=C\c1ccc(Br)cc1. The van der Waals surface area contributed by atoms with Crippen LogP contribution in [0.5, 0.6) is 0 Å². The minimum absolute atomic E-state index is 0.342. The fraction of sp³-hybridized carbons (Fsp3) is 0.0625. The smallest absolute Gasteiger partial charge is 0.290 e. The van der Waals surface area contributed by atoms with E-state index < -0.39 is 0 Å². The van der Waals surface area contributed by atoms with Crippen LogP contribution in [0.4, 0.5) is 0 Å². The fourth-order valence-corrected chi connectivity index (χ4v) is 2.60. The summed E-state index contributed by atoms with van der Waals surface area (Å²) in [5.74, 6) is -0.342. The number of imidazole rings is 1. The molecule has 116 valence electrons. The lowest BCUT2D eigenvalue weighted by Gasteiger charge is -2.02. The van der Waals surface area contributed by atoms with Crippen molar-refractivity contribution < 1.29 is 4.79 Å². The number of nitrogens with one attached hydrogen (secondary N) is 1. The second-order valence-corrected chi connectivity index (χ2v) is 6.22. The molecule has 0 fully saturated rings. The predicted molar refractivity (Wildman–Crippen MR) is 94.1 cm³/mol. The summed E-state index contributed by atoms with van der Waals surface area (Å²) < 4.78 is 2.64. The van der Waals surface area contributed by atoms with E-state index in [9.17, 15) is 4.79 Å². The van der Waals surface area contributed by atoms with Crippen LogP contribution in [-0.2, 0) is 0 Å². The molecule has 0 atom stereocenters. The normalized spacial score (nSPS) is 11.3. The number of nitrogens with zero attached hydrogens (tertiary/aromatic N) is 3. The summed E-state index contributed by atoms with van der Waals surface area (Å²) in [5.41, 5.74) is 5.08. The van der Waals surface area contributed by atoms with Crippen LogP contribution in [0.3, 0.4) is 0 Å². The van der Waals surface area contributed by atoms with Crippen molar-refractivity contribution in [1.82, 2.24) is 14.8 Å². The Morgan fingerprint density at radius 1 is 1.30 bits per heavy atom. The zero-order chi connectivity index (χ0) is 16.4. The number of halogens is 2. The first-order valence-electron chi connectivity index (χ1n) is 6.78. The minimum atomic E-state index is -0.342. The van der Waals surface area contributed by atoms with Crippen LogP contribution in [0.2, 0.25) is 5.02 Å². The molecule has 0 aliphatic heterocycles. The van der Waals surface area contributed by atoms with Crippen molar-refractivity contribution in [2.75, 3.05) is 0 Å². The highest BCUT2D eigenvalue weighted by Gasteiger charge is 2.16. The predicted octanol–water partition coefficient (Wildman–Crippen LogP) is 3.82. The monoisotopic (exact) mass is 390 g/mol. The second kappa shape index (κ2) is 6.52. The molecule has 7 heteroatoms. The number of benzene rings is 1. The third kappa shape index (κ3) is 3.43. The van der Waals surface area contributed by atoms with Gasteiger partial charge in [-0.15, -0.1) is 0 Å². The van der Waals surface area contributed by atoms with Crippen LogP contribution in [0.1, 0.15) is 21.7 Å². The third-order valence-electron chi connectivity index (χ3n) is 3.22. The number of hydrogen-bond acceptors (Lipinski definition) is 3. The average Bonchev–Trinajstić information content (AvgIpc) is 2.84. The summed E-state index contributed by atoms with van der Waals surface area (Å²) in [5, 5.41) is 4.51. The van der Waals surface area contributed by atoms with Gasteiger partial charge in [0.1, 0.15) is 11.3 Å². The molecule has 0 aliphatic rings. The topological polar surface area (TPSA) is 58.8 Å². The molecular weight excluding hydrogens is 380 g/mol. The van der Waals surface area contributed by atoms with Crippen LogP contribution in [0.25, 0.3) is 5.65 Å². The van der Waals surface area contributed by atoms with Gasteiger partial charge in [-0.2, -0.15) is 5.10 Å². The van der Waals surface area contributed by atoms with E-state index >= 15 is 0 Å². The van der Waals surface area contributed by atoms with E-state index in [1.807, 2.05) is 24.3 Å². The summed E-state index contributed by atoms with van der Waals surface area (Å²) in [6.45, 7) is 1.77. The van der Waals surface area contributed by atoms with Crippen LogP contribution in [0.15, 0.2) is 52.2 Å². The van der Waals surface area contributed by atoms with Crippen LogP contribution in [0, 0.1) is 6.92 Å². The number of rotatable bonds is 3. The van der Waals surface area contributed by atoms with Gasteiger partial charge in [-0.25, -0.2) is 10.4 Å². The number of aromatic nitrogens is 2. The van der Waals surface area contributed by atoms with Gasteiger partial charge in [0.2, 0.25) is 0 Å². The molecule has 2 heterocycles. The Morgan fingerprint density at radius 2 is 2.04 bits per heavy atom. The summed E-state index contributed by atoms with van der Waals surface area (Å²) in [6, 6.07) is 11.1. The van der Waals surface area contributed by atoms with E-state index in [4.69, 9.17) is 11.6 Å². The molecular formula is C16H12BrClN4O. The van der Waals surface area contributed by atoms with Crippen molar-refractivity contribution in [2.24, 2.45) is 5.10 Å². The molecule has 1 aromatic carbocycles. The Hall–Kier alpha value is -2.18. The van der Waals surface area contributed by atoms with Gasteiger partial charge in [-0.05, 0) is 36.8 Å². The zero-order valence-corrected chi connectivity index (χ0v) is 14.5. The Balaban J connectivity index is 1.82. The number of hydrogen-bond donors (Lipinski definition) is 1. The van der Waals surface area contributed by atoms with Gasteiger partial charge in [0.15, 0.2) is 0 Å². The molecule has 2 aromatic heterocycles. The largest absolute Gasteiger partial charge is 0.294 e. The lowest BCUT2D eigenvalue weighted by Crippen LogP contribution is -2.20. The Bertz CT molecular complexity index is 902. The highest BCUT2D eigenvalue weighted by atomic mass is 79.9. The van der Waals surface area contributed by atoms with Crippen LogP contribution in [-0.4, -0.2) is 21.5 Å². The van der Waals surface area contributed by atoms with Crippen molar-refractivity contribution in [3.8, 4) is 0 Å². The van der Waals surface area contributed by atoms with E-state index in [1.165, 1.54) is 0 Å². The first-order chi connectivity index (χ1) is 11.0. The molecule has 1 amide bonds. The highest BCUT2D eigenvalue weighted by molar-refractivity contribution is 9.10. The van der Waals surface area contributed by atoms with Gasteiger partial charge >= 0.3 is 0 Å². The highest BCUT2D eigenvalue weighted by Crippen LogP contribution is 2.16. The van der Waals surface area contributed by atoms with Crippen molar-refractivity contribution in [1.29, 1.82) is 0 Å². The number of carbonyl (C=O) groups is 1. The maximum atomic E-state index is 12.4. The second-order valence-electron chi connectivity index (χ2n) is 4.87. The molecule has 0 bridgehead atoms. The van der Waals surface area contributed by atoms with Gasteiger partial charge in [0, 0.05) is 10.7 Å². The van der Waals surface area contributed by atoms with Crippen molar-refractivity contribution in [3.05, 3.63) is 69.0 Å². The quantitative estimate of drug-likeness (QED) is 0.545. The van der Waals surface area contributed by atoms with E-state index in [2.05, 4.69) is 31.4 Å². The Labute approximate surface area is 146 Å². The van der Waals surface area contributed by atoms with Crippen molar-refractivity contribution >= 4 is 45.3 Å². The van der Waals surface area contributed by atoms with Crippen LogP contribution < -0.4 is 5.43 Å². The number of hydrazone groups is 1. The number of pyridine rings is 1. The molecule has 3 aromatic rings. The standard InChI is InChI=1S/C16H12BrClN4O/c1-10-15(22-9-13(18)6-7-14(22)20-10)16(23)21-19-8-11-2-4-12(17)5-3-11/h2-9H,1H3,(H,21,23)/b19-8-. The maximum absolute atomic E-state index is 12.4. The molecule has 0 aliphatic carbocycles. The van der Waals surface area contributed by atoms with E-state index in [1.54, 1.807) is 35.9 Å². The van der Waals surface area contributed by atoms with Crippen LogP contribution >= 0.6 is 27.5 Å². The van der Waals surface area contributed by atoms with E-state index in [0.717, 1.165) is 10.0 Å². The summed E-state index contributed by atoms with van der Waals surface area (Å²) >= 11 is 9.35. The van der Waals surface area contributed by atoms with Crippen molar-refractivity contribution in [3.63, 3.8) is 0 Å². The zero-order valence-electron chi connectivity index (χ0n) is 12.1. The summed E-state index contributed by atoms with van der Waals surface area (Å²) in [4.78, 5) is 16.7. The van der Waals surface area contributed by atoms with Gasteiger partial charge in [0.25, 0.3) is 5.91 Å². The number of carbonyl (C=O) groups excluding carboxylic acids is 1. The number of amides is 1. The molecule has 0 saturated carbocycles. The molecule has 3 rings (SSSR count). The molecule has 0 radical (unpaired) electrons. The molecule has 0 saturated heterocycles. The van der Waals surface area contributed by atoms with Gasteiger partial charge < -0.3 is 0 Å². The average molecular weight is 392 g/mol. The molecule has 23 heavy (non-hydrogen) atoms. The van der Waals surface area contributed by atoms with Gasteiger partial charge in [0.05, 0.1) is 16.9 Å². The van der Waals surface area contributed by atoms with Gasteiger partial charge in [-0.1, -0.05) is 39.7 Å². The lowest BCUT2D eigenvalue weighted by molar-refractivity contribution is 0.0948. The minimum Gasteiger partial charge on any atom is -0.294 e. The molecule has 5 nitrogen and oxygen atoms in total. The summed E-state index contributed by atoms with van der Waals surface area (Å²) in [6.07, 6.45) is 3.24. The Kier molecular flexibility index (Phi) is 4.45. The molecule has 1 N–H and O–H groups in total. The fourth-order valence-electron chi connectivity index (χ4n) is 2.18. The van der Waals surface area contributed by atoms with Crippen molar-refractivity contribution in [2.45, 2.75) is 6.92 Å². The number of aryl methyl sites for hydroxylation is 1. The van der Waals surface area contributed by atoms with E-state index in [-0.39, 0.29) is 5.91 Å². The third-order valence-corrected chi connectivity index (χ3v) is 3.97. The van der Waals surface area contributed by atoms with Gasteiger partial charge in [-0.3, -0.25) is 9.20 Å². The number of fused-ring (bicyclic) bond motifs is 1. The first-order valence-corrected chi connectivity index (χ1v) is 7.95. The first kappa shape index (κ1) is 15.7. The van der Waals surface area contributed by atoms with E-state index in [0.29, 0.717) is 22.1 Å².